The van der Waals surface area contributed by atoms with Gasteiger partial charge in [0.05, 0.1) is 6.04 Å². The van der Waals surface area contributed by atoms with E-state index in [1.807, 2.05) is 0 Å². The van der Waals surface area contributed by atoms with Gasteiger partial charge in [0.1, 0.15) is 0 Å². The third kappa shape index (κ3) is 3.64. The molecule has 0 radical (unpaired) electrons. The largest absolute Gasteiger partial charge is 0.320 e. The predicted molar refractivity (Wildman–Crippen MR) is 66.1 cm³/mol. The van der Waals surface area contributed by atoms with Crippen molar-refractivity contribution in [2.75, 3.05) is 6.54 Å². The number of nitrogens with two attached hydrogens (primary N) is 2. The monoisotopic (exact) mass is 281 g/mol. The summed E-state index contributed by atoms with van der Waals surface area (Å²) in [4.78, 5) is 15.1. The molecule has 1 aliphatic heterocycles. The maximum atomic E-state index is 11.4. The number of carbonyl (C=O) groups excluding carboxylic acids is 1. The van der Waals surface area contributed by atoms with Crippen molar-refractivity contribution < 1.29 is 13.2 Å². The third-order valence-electron chi connectivity index (χ3n) is 1.91. The molecule has 2 atom stereocenters. The first-order chi connectivity index (χ1) is 7.75. The van der Waals surface area contributed by atoms with E-state index in [4.69, 9.17) is 10.9 Å². The maximum absolute atomic E-state index is 11.4. The molecule has 0 aromatic heterocycles. The number of sulfonamides is 1. The zero-order chi connectivity index (χ0) is 13.2. The molecule has 10 heteroatoms. The van der Waals surface area contributed by atoms with Crippen LogP contribution in [0, 0.1) is 0 Å². The average molecular weight is 281 g/mol. The van der Waals surface area contributed by atoms with E-state index in [0.29, 0.717) is 6.54 Å². The summed E-state index contributed by atoms with van der Waals surface area (Å²) in [6.07, 6.45) is 0. The number of aliphatic imine (C=N–C) groups is 1. The number of amides is 1. The van der Waals surface area contributed by atoms with E-state index in [1.165, 1.54) is 11.9 Å². The molecule has 0 aliphatic carbocycles. The van der Waals surface area contributed by atoms with E-state index < -0.39 is 26.7 Å². The Hall–Kier alpha value is -0.680. The summed E-state index contributed by atoms with van der Waals surface area (Å²) in [6.45, 7) is 3.74. The fourth-order valence-corrected chi connectivity index (χ4v) is 2.91. The van der Waals surface area contributed by atoms with Gasteiger partial charge in [-0.25, -0.2) is 19.0 Å². The Morgan fingerprint density at radius 3 is 2.71 bits per heavy atom. The summed E-state index contributed by atoms with van der Waals surface area (Å²) in [5.74, 6) is -0.511. The number of nitrogens with zero attached hydrogens (tertiary/aromatic N) is 2. The zero-order valence-corrected chi connectivity index (χ0v) is 11.1. The van der Waals surface area contributed by atoms with Gasteiger partial charge >= 0.3 is 0 Å². The minimum Gasteiger partial charge on any atom is -0.320 e. The summed E-state index contributed by atoms with van der Waals surface area (Å²) < 4.78 is 21.3. The van der Waals surface area contributed by atoms with Crippen LogP contribution in [0.1, 0.15) is 13.8 Å². The van der Waals surface area contributed by atoms with Crippen LogP contribution in [0.2, 0.25) is 0 Å². The van der Waals surface area contributed by atoms with Crippen LogP contribution in [0.4, 0.5) is 0 Å². The Morgan fingerprint density at radius 1 is 1.71 bits per heavy atom. The van der Waals surface area contributed by atoms with Crippen molar-refractivity contribution in [3.8, 4) is 0 Å². The molecule has 1 heterocycles. The Kier molecular flexibility index (Phi) is 4.49. The lowest BCUT2D eigenvalue weighted by molar-refractivity contribution is -0.118. The minimum atomic E-state index is -3.75. The van der Waals surface area contributed by atoms with Gasteiger partial charge in [-0.15, -0.1) is 0 Å². The van der Waals surface area contributed by atoms with Crippen LogP contribution in [0.25, 0.3) is 0 Å². The van der Waals surface area contributed by atoms with Crippen LogP contribution in [-0.2, 0) is 14.8 Å². The number of thioether (sulfide) groups is 1. The molecule has 1 aliphatic rings. The number of hydrogen-bond donors (Lipinski definition) is 3. The topological polar surface area (TPSA) is 131 Å². The fraction of sp³-hybridized carbons (Fsp3) is 0.714. The molecule has 0 spiro atoms. The number of carbonyl (C=O) groups is 1. The molecule has 1 unspecified atom stereocenters. The van der Waals surface area contributed by atoms with Gasteiger partial charge in [-0.2, -0.15) is 4.99 Å². The average Bonchev–Trinajstić information content (AvgIpc) is 2.60. The zero-order valence-electron chi connectivity index (χ0n) is 9.45. The molecule has 0 aromatic carbocycles. The first-order valence-electron chi connectivity index (χ1n) is 4.85. The molecule has 5 N–H and O–H groups in total. The number of amidine groups is 1. The number of primary sulfonamides is 1. The lowest BCUT2D eigenvalue weighted by Gasteiger charge is -2.15. The summed E-state index contributed by atoms with van der Waals surface area (Å²) >= 11 is 0.871. The highest BCUT2D eigenvalue weighted by Crippen LogP contribution is 2.24. The molecule has 0 aromatic rings. The van der Waals surface area contributed by atoms with Crippen LogP contribution in [0.15, 0.2) is 4.99 Å². The molecular formula is C7H15N5O3S2. The van der Waals surface area contributed by atoms with Crippen molar-refractivity contribution >= 4 is 32.9 Å². The van der Waals surface area contributed by atoms with Crippen molar-refractivity contribution in [1.29, 1.82) is 0 Å². The highest BCUT2D eigenvalue weighted by atomic mass is 32.3. The summed E-state index contributed by atoms with van der Waals surface area (Å²) in [6, 6.07) is -0.727. The number of hydrogen-bond acceptors (Lipinski definition) is 6. The van der Waals surface area contributed by atoms with Gasteiger partial charge in [-0.3, -0.25) is 9.80 Å². The first-order valence-corrected chi connectivity index (χ1v) is 7.34. The van der Waals surface area contributed by atoms with E-state index in [9.17, 15) is 13.2 Å². The molecule has 1 rings (SSSR count). The molecule has 98 valence electrons. The van der Waals surface area contributed by atoms with Crippen molar-refractivity contribution in [1.82, 2.24) is 10.4 Å². The summed E-state index contributed by atoms with van der Waals surface area (Å²) in [5, 5.41) is 6.71. The van der Waals surface area contributed by atoms with Gasteiger partial charge in [0.25, 0.3) is 5.91 Å². The Bertz CT molecular complexity index is 433. The Balaban J connectivity index is 2.90. The van der Waals surface area contributed by atoms with Gasteiger partial charge in [0.15, 0.2) is 9.87 Å². The summed E-state index contributed by atoms with van der Waals surface area (Å²) in [7, 11) is -3.75. The molecule has 8 nitrogen and oxygen atoms in total. The highest BCUT2D eigenvalue weighted by molar-refractivity contribution is 8.22. The minimum absolute atomic E-state index is 0.258. The number of rotatable bonds is 3. The third-order valence-corrected chi connectivity index (χ3v) is 4.55. The smallest absolute Gasteiger partial charge is 0.264 e. The lowest BCUT2D eigenvalue weighted by atomic mass is 10.3. The van der Waals surface area contributed by atoms with E-state index in [-0.39, 0.29) is 5.17 Å². The number of nitrogens with one attached hydrogen (secondary N) is 1. The van der Waals surface area contributed by atoms with Gasteiger partial charge in [-0.1, -0.05) is 0 Å². The normalized spacial score (nSPS) is 25.3. The van der Waals surface area contributed by atoms with Crippen LogP contribution in [0.5, 0.6) is 0 Å². The molecule has 17 heavy (non-hydrogen) atoms. The molecule has 1 fully saturated rings. The number of hydrazine groups is 1. The van der Waals surface area contributed by atoms with Crippen LogP contribution in [-0.4, -0.2) is 41.8 Å². The predicted octanol–water partition coefficient (Wildman–Crippen LogP) is -1.64. The second-order valence-corrected chi connectivity index (χ2v) is 6.45. The van der Waals surface area contributed by atoms with Crippen LogP contribution >= 0.6 is 11.8 Å². The summed E-state index contributed by atoms with van der Waals surface area (Å²) in [5.41, 5.74) is 8.01. The van der Waals surface area contributed by atoms with Gasteiger partial charge in [-0.05, 0) is 25.6 Å². The standard InChI is InChI=1S/C7H15N5O3S2/c1-3-12-6(10-5(13)4(2)8)16-7(11-12)17(9,14)15/h4,7,11H,3,8H2,1-2H3,(H2,9,14,15)/t4-,7?/m1/s1. The van der Waals surface area contributed by atoms with Crippen LogP contribution < -0.4 is 16.3 Å². The quantitative estimate of drug-likeness (QED) is 0.565. The van der Waals surface area contributed by atoms with Crippen molar-refractivity contribution in [2.45, 2.75) is 24.6 Å². The van der Waals surface area contributed by atoms with E-state index in [0.717, 1.165) is 11.8 Å². The van der Waals surface area contributed by atoms with E-state index in [2.05, 4.69) is 10.4 Å². The molecule has 1 saturated heterocycles. The van der Waals surface area contributed by atoms with E-state index >= 15 is 0 Å². The van der Waals surface area contributed by atoms with Crippen molar-refractivity contribution in [3.63, 3.8) is 0 Å². The Labute approximate surface area is 104 Å². The SMILES string of the molecule is CCN1NC(S(N)(=O)=O)SC1=NC(=O)[C@@H](C)N. The second-order valence-electron chi connectivity index (χ2n) is 3.43. The van der Waals surface area contributed by atoms with Gasteiger partial charge in [0.2, 0.25) is 10.0 Å². The maximum Gasteiger partial charge on any atom is 0.264 e. The second kappa shape index (κ2) is 5.31. The van der Waals surface area contributed by atoms with E-state index in [1.54, 1.807) is 6.92 Å². The fourth-order valence-electron chi connectivity index (χ4n) is 1.02. The van der Waals surface area contributed by atoms with Crippen molar-refractivity contribution in [3.05, 3.63) is 0 Å². The van der Waals surface area contributed by atoms with Gasteiger partial charge in [0, 0.05) is 6.54 Å². The molecule has 1 amide bonds. The highest BCUT2D eigenvalue weighted by Gasteiger charge is 2.35. The van der Waals surface area contributed by atoms with Gasteiger partial charge < -0.3 is 5.73 Å². The first kappa shape index (κ1) is 14.4. The van der Waals surface area contributed by atoms with Crippen molar-refractivity contribution in [2.24, 2.45) is 15.9 Å². The molecular weight excluding hydrogens is 266 g/mol. The lowest BCUT2D eigenvalue weighted by Crippen LogP contribution is -2.42. The molecule has 0 bridgehead atoms. The molecule has 0 saturated carbocycles. The Morgan fingerprint density at radius 2 is 2.29 bits per heavy atom. The van der Waals surface area contributed by atoms with Crippen LogP contribution in [0.3, 0.4) is 0 Å².